The third-order valence-electron chi connectivity index (χ3n) is 1.77. The number of carboxylic acid groups (broad SMARTS) is 1. The third-order valence-corrected chi connectivity index (χ3v) is 3.01. The molecule has 4 heteroatoms. The Hall–Kier alpha value is -0.510. The van der Waals surface area contributed by atoms with E-state index in [1.165, 1.54) is 11.8 Å². The molecule has 0 spiro atoms. The molecule has 0 aromatic heterocycles. The van der Waals surface area contributed by atoms with Crippen molar-refractivity contribution in [3.05, 3.63) is 0 Å². The number of nitrogens with zero attached hydrogens (tertiary/aromatic N) is 1. The van der Waals surface area contributed by atoms with Crippen molar-refractivity contribution in [1.29, 1.82) is 0 Å². The number of carboxylic acids is 1. The fourth-order valence-corrected chi connectivity index (χ4v) is 2.40. The van der Waals surface area contributed by atoms with E-state index in [1.54, 1.807) is 6.21 Å². The van der Waals surface area contributed by atoms with Gasteiger partial charge in [-0.2, -0.15) is 0 Å². The van der Waals surface area contributed by atoms with Crippen LogP contribution in [0.3, 0.4) is 0 Å². The summed E-state index contributed by atoms with van der Waals surface area (Å²) in [4.78, 5) is 14.9. The van der Waals surface area contributed by atoms with Crippen LogP contribution in [0.5, 0.6) is 0 Å². The van der Waals surface area contributed by atoms with Crippen LogP contribution in [-0.2, 0) is 4.79 Å². The predicted molar refractivity (Wildman–Crippen MR) is 50.8 cm³/mol. The summed E-state index contributed by atoms with van der Waals surface area (Å²) in [5, 5.41) is 9.00. The zero-order chi connectivity index (χ0) is 9.19. The van der Waals surface area contributed by atoms with E-state index in [-0.39, 0.29) is 0 Å². The van der Waals surface area contributed by atoms with Crippen molar-refractivity contribution < 1.29 is 9.90 Å². The summed E-state index contributed by atoms with van der Waals surface area (Å²) in [6.45, 7) is 4.05. The number of hydrogen-bond acceptors (Lipinski definition) is 3. The minimum atomic E-state index is -0.762. The van der Waals surface area contributed by atoms with Crippen LogP contribution in [0.2, 0.25) is 0 Å². The molecule has 0 aromatic carbocycles. The summed E-state index contributed by atoms with van der Waals surface area (Å²) in [5.74, 6) is 0.208. The van der Waals surface area contributed by atoms with Crippen molar-refractivity contribution in [2.75, 3.05) is 5.88 Å². The molecular weight excluding hydrogens is 174 g/mol. The van der Waals surface area contributed by atoms with Gasteiger partial charge in [-0.25, -0.2) is 0 Å². The first kappa shape index (κ1) is 9.58. The summed E-state index contributed by atoms with van der Waals surface area (Å²) in [6.07, 6.45) is 2.25. The van der Waals surface area contributed by atoms with Gasteiger partial charge >= 0.3 is 5.97 Å². The predicted octanol–water partition coefficient (Wildman–Crippen LogP) is 1.63. The van der Waals surface area contributed by atoms with Crippen molar-refractivity contribution in [2.45, 2.75) is 25.0 Å². The van der Waals surface area contributed by atoms with Crippen LogP contribution in [-0.4, -0.2) is 27.9 Å². The first-order valence-corrected chi connectivity index (χ1v) is 4.94. The number of hydrogen-bond donors (Lipinski definition) is 1. The third kappa shape index (κ3) is 1.80. The monoisotopic (exact) mass is 187 g/mol. The lowest BCUT2D eigenvalue weighted by Crippen LogP contribution is -2.36. The average Bonchev–Trinajstić information content (AvgIpc) is 2.35. The molecule has 0 saturated carbocycles. The van der Waals surface area contributed by atoms with Gasteiger partial charge in [-0.3, -0.25) is 9.79 Å². The van der Waals surface area contributed by atoms with Gasteiger partial charge < -0.3 is 5.11 Å². The topological polar surface area (TPSA) is 49.7 Å². The standard InChI is InChI=1S/C8H13NO2S/c1-6(2)3-8(7(10)11)4-9-5-12-8/h4,6H,3,5H2,1-2H3,(H,10,11). The number of aliphatic carboxylic acids is 1. The van der Waals surface area contributed by atoms with Crippen LogP contribution in [0.4, 0.5) is 0 Å². The van der Waals surface area contributed by atoms with Crippen LogP contribution in [0.1, 0.15) is 20.3 Å². The molecule has 12 heavy (non-hydrogen) atoms. The maximum absolute atomic E-state index is 10.9. The first-order chi connectivity index (χ1) is 5.57. The zero-order valence-electron chi connectivity index (χ0n) is 7.28. The molecule has 1 rings (SSSR count). The second-order valence-electron chi connectivity index (χ2n) is 3.38. The smallest absolute Gasteiger partial charge is 0.325 e. The minimum Gasteiger partial charge on any atom is -0.480 e. The molecule has 1 aliphatic heterocycles. The Morgan fingerprint density at radius 1 is 1.83 bits per heavy atom. The molecule has 0 bridgehead atoms. The number of thioether (sulfide) groups is 1. The van der Waals surface area contributed by atoms with E-state index >= 15 is 0 Å². The molecule has 0 aliphatic carbocycles. The normalized spacial score (nSPS) is 28.2. The van der Waals surface area contributed by atoms with E-state index in [0.29, 0.717) is 18.2 Å². The molecule has 0 aromatic rings. The molecule has 1 N–H and O–H groups in total. The maximum Gasteiger partial charge on any atom is 0.325 e. The second-order valence-corrected chi connectivity index (χ2v) is 4.65. The largest absolute Gasteiger partial charge is 0.480 e. The highest BCUT2D eigenvalue weighted by molar-refractivity contribution is 8.02. The molecule has 1 heterocycles. The maximum atomic E-state index is 10.9. The van der Waals surface area contributed by atoms with Gasteiger partial charge in [-0.1, -0.05) is 13.8 Å². The minimum absolute atomic E-state index is 0.387. The summed E-state index contributed by atoms with van der Waals surface area (Å²) in [7, 11) is 0. The van der Waals surface area contributed by atoms with Crippen molar-refractivity contribution in [1.82, 2.24) is 0 Å². The van der Waals surface area contributed by atoms with Crippen LogP contribution >= 0.6 is 11.8 Å². The summed E-state index contributed by atoms with van der Waals surface area (Å²) >= 11 is 1.40. The van der Waals surface area contributed by atoms with Gasteiger partial charge in [0.05, 0.1) is 5.88 Å². The Labute approximate surface area is 76.3 Å². The molecule has 0 amide bonds. The molecule has 0 fully saturated rings. The summed E-state index contributed by atoms with van der Waals surface area (Å²) < 4.78 is -0.742. The fourth-order valence-electron chi connectivity index (χ4n) is 1.30. The SMILES string of the molecule is CC(C)CC1(C(=O)O)C=NCS1. The average molecular weight is 187 g/mol. The van der Waals surface area contributed by atoms with E-state index in [2.05, 4.69) is 4.99 Å². The zero-order valence-corrected chi connectivity index (χ0v) is 8.10. The van der Waals surface area contributed by atoms with Gasteiger partial charge in [0.25, 0.3) is 0 Å². The van der Waals surface area contributed by atoms with Crippen molar-refractivity contribution >= 4 is 23.9 Å². The highest BCUT2D eigenvalue weighted by atomic mass is 32.2. The molecule has 68 valence electrons. The number of aliphatic imine (C=N–C) groups is 1. The lowest BCUT2D eigenvalue weighted by atomic mass is 9.97. The van der Waals surface area contributed by atoms with Gasteiger partial charge in [0.1, 0.15) is 4.75 Å². The van der Waals surface area contributed by atoms with Crippen molar-refractivity contribution in [2.24, 2.45) is 10.9 Å². The Bertz CT molecular complexity index is 215. The van der Waals surface area contributed by atoms with Gasteiger partial charge in [0, 0.05) is 6.21 Å². The lowest BCUT2D eigenvalue weighted by molar-refractivity contribution is -0.138. The number of carbonyl (C=O) groups is 1. The lowest BCUT2D eigenvalue weighted by Gasteiger charge is -2.21. The van der Waals surface area contributed by atoms with Gasteiger partial charge in [-0.15, -0.1) is 11.8 Å². The van der Waals surface area contributed by atoms with Crippen LogP contribution in [0, 0.1) is 5.92 Å². The molecule has 0 radical (unpaired) electrons. The van der Waals surface area contributed by atoms with E-state index in [1.807, 2.05) is 13.8 Å². The van der Waals surface area contributed by atoms with Crippen molar-refractivity contribution in [3.63, 3.8) is 0 Å². The van der Waals surface area contributed by atoms with Crippen LogP contribution < -0.4 is 0 Å². The highest BCUT2D eigenvalue weighted by Crippen LogP contribution is 2.34. The van der Waals surface area contributed by atoms with Gasteiger partial charge in [0.2, 0.25) is 0 Å². The summed E-state index contributed by atoms with van der Waals surface area (Å²) in [6, 6.07) is 0. The molecule has 0 saturated heterocycles. The van der Waals surface area contributed by atoms with Crippen LogP contribution in [0.15, 0.2) is 4.99 Å². The Kier molecular flexibility index (Phi) is 2.77. The molecule has 3 nitrogen and oxygen atoms in total. The summed E-state index contributed by atoms with van der Waals surface area (Å²) in [5.41, 5.74) is 0. The second kappa shape index (κ2) is 3.47. The van der Waals surface area contributed by atoms with Crippen molar-refractivity contribution in [3.8, 4) is 0 Å². The fraction of sp³-hybridized carbons (Fsp3) is 0.750. The Morgan fingerprint density at radius 3 is 2.83 bits per heavy atom. The van der Waals surface area contributed by atoms with Crippen LogP contribution in [0.25, 0.3) is 0 Å². The van der Waals surface area contributed by atoms with Gasteiger partial charge in [0.15, 0.2) is 0 Å². The van der Waals surface area contributed by atoms with E-state index in [9.17, 15) is 4.79 Å². The van der Waals surface area contributed by atoms with E-state index in [4.69, 9.17) is 5.11 Å². The Morgan fingerprint density at radius 2 is 2.50 bits per heavy atom. The van der Waals surface area contributed by atoms with Gasteiger partial charge in [-0.05, 0) is 12.3 Å². The molecule has 1 aliphatic rings. The first-order valence-electron chi connectivity index (χ1n) is 3.95. The highest BCUT2D eigenvalue weighted by Gasteiger charge is 2.40. The molecular formula is C8H13NO2S. The number of rotatable bonds is 3. The Balaban J connectivity index is 2.73. The quantitative estimate of drug-likeness (QED) is 0.730. The van der Waals surface area contributed by atoms with E-state index < -0.39 is 10.7 Å². The molecule has 1 unspecified atom stereocenters. The van der Waals surface area contributed by atoms with E-state index in [0.717, 1.165) is 0 Å². The molecule has 1 atom stereocenters.